The summed E-state index contributed by atoms with van der Waals surface area (Å²) in [5.41, 5.74) is 1.50. The third kappa shape index (κ3) is 5.84. The molecular formula is C22H21FN2O3S2. The van der Waals surface area contributed by atoms with Crippen LogP contribution in [-0.2, 0) is 20.6 Å². The van der Waals surface area contributed by atoms with Crippen LogP contribution >= 0.6 is 11.8 Å². The van der Waals surface area contributed by atoms with Crippen molar-refractivity contribution in [1.29, 1.82) is 0 Å². The van der Waals surface area contributed by atoms with Gasteiger partial charge in [-0.05, 0) is 48.9 Å². The molecule has 2 N–H and O–H groups in total. The first-order valence-electron chi connectivity index (χ1n) is 9.19. The Balaban J connectivity index is 1.59. The highest BCUT2D eigenvalue weighted by Crippen LogP contribution is 2.22. The molecule has 1 atom stereocenters. The van der Waals surface area contributed by atoms with Crippen molar-refractivity contribution in [3.63, 3.8) is 0 Å². The van der Waals surface area contributed by atoms with Crippen molar-refractivity contribution in [3.05, 3.63) is 90.2 Å². The van der Waals surface area contributed by atoms with E-state index in [1.807, 2.05) is 37.3 Å². The lowest BCUT2D eigenvalue weighted by atomic mass is 10.2. The van der Waals surface area contributed by atoms with Crippen LogP contribution in [0.3, 0.4) is 0 Å². The predicted octanol–water partition coefficient (Wildman–Crippen LogP) is 4.89. The van der Waals surface area contributed by atoms with Gasteiger partial charge in [-0.3, -0.25) is 9.52 Å². The topological polar surface area (TPSA) is 75.3 Å². The number of para-hydroxylation sites is 1. The first-order valence-corrected chi connectivity index (χ1v) is 11.7. The lowest BCUT2D eigenvalue weighted by molar-refractivity contribution is -0.115. The molecule has 0 saturated heterocycles. The number of anilines is 2. The highest BCUT2D eigenvalue weighted by Gasteiger charge is 2.17. The van der Waals surface area contributed by atoms with Crippen LogP contribution in [-0.4, -0.2) is 19.6 Å². The molecule has 30 heavy (non-hydrogen) atoms. The SMILES string of the molecule is C[C@@H](SCc1ccccc1)C(=O)Nc1ccc(S(=O)(=O)Nc2ccccc2F)cc1. The number of rotatable bonds is 8. The van der Waals surface area contributed by atoms with E-state index in [-0.39, 0.29) is 21.7 Å². The van der Waals surface area contributed by atoms with Crippen molar-refractivity contribution >= 4 is 39.1 Å². The minimum Gasteiger partial charge on any atom is -0.325 e. The molecule has 5 nitrogen and oxygen atoms in total. The number of benzene rings is 3. The Kier molecular flexibility index (Phi) is 7.12. The van der Waals surface area contributed by atoms with Gasteiger partial charge >= 0.3 is 0 Å². The zero-order valence-electron chi connectivity index (χ0n) is 16.2. The molecule has 0 spiro atoms. The molecule has 0 heterocycles. The number of sulfonamides is 1. The van der Waals surface area contributed by atoms with Crippen LogP contribution in [0.15, 0.2) is 83.8 Å². The standard InChI is InChI=1S/C22H21FN2O3S2/c1-16(29-15-17-7-3-2-4-8-17)22(26)24-18-11-13-19(14-12-18)30(27,28)25-21-10-6-5-9-20(21)23/h2-14,16,25H,15H2,1H3,(H,24,26)/t16-/m1/s1. The summed E-state index contributed by atoms with van der Waals surface area (Å²) in [7, 11) is -3.94. The molecule has 0 bridgehead atoms. The van der Waals surface area contributed by atoms with Gasteiger partial charge in [0.2, 0.25) is 5.91 Å². The van der Waals surface area contributed by atoms with Crippen LogP contribution in [0.2, 0.25) is 0 Å². The molecule has 0 radical (unpaired) electrons. The monoisotopic (exact) mass is 444 g/mol. The maximum atomic E-state index is 13.7. The number of hydrogen-bond donors (Lipinski definition) is 2. The zero-order valence-corrected chi connectivity index (χ0v) is 17.8. The summed E-state index contributed by atoms with van der Waals surface area (Å²) in [6.07, 6.45) is 0. The second kappa shape index (κ2) is 9.77. The first kappa shape index (κ1) is 21.9. The normalized spacial score (nSPS) is 12.2. The van der Waals surface area contributed by atoms with Crippen LogP contribution in [0.4, 0.5) is 15.8 Å². The lowest BCUT2D eigenvalue weighted by Crippen LogP contribution is -2.22. The second-order valence-corrected chi connectivity index (χ2v) is 9.55. The van der Waals surface area contributed by atoms with Gasteiger partial charge in [-0.2, -0.15) is 0 Å². The summed E-state index contributed by atoms with van der Waals surface area (Å²) < 4.78 is 40.8. The number of hydrogen-bond acceptors (Lipinski definition) is 4. The summed E-state index contributed by atoms with van der Waals surface area (Å²) in [6.45, 7) is 1.82. The van der Waals surface area contributed by atoms with Crippen LogP contribution in [0.1, 0.15) is 12.5 Å². The molecule has 0 aliphatic heterocycles. The van der Waals surface area contributed by atoms with Crippen LogP contribution < -0.4 is 10.0 Å². The van der Waals surface area contributed by atoms with Crippen LogP contribution in [0.5, 0.6) is 0 Å². The van der Waals surface area contributed by atoms with Crippen molar-refractivity contribution in [1.82, 2.24) is 0 Å². The first-order chi connectivity index (χ1) is 14.3. The largest absolute Gasteiger partial charge is 0.325 e. The van der Waals surface area contributed by atoms with E-state index in [9.17, 15) is 17.6 Å². The van der Waals surface area contributed by atoms with Gasteiger partial charge in [0.1, 0.15) is 5.82 Å². The number of carbonyl (C=O) groups is 1. The molecule has 3 aromatic rings. The van der Waals surface area contributed by atoms with Gasteiger partial charge in [0.15, 0.2) is 0 Å². The van der Waals surface area contributed by atoms with Crippen molar-refractivity contribution in [2.24, 2.45) is 0 Å². The zero-order chi connectivity index (χ0) is 21.6. The third-order valence-electron chi connectivity index (χ3n) is 4.26. The van der Waals surface area contributed by atoms with E-state index in [1.165, 1.54) is 60.3 Å². The average molecular weight is 445 g/mol. The van der Waals surface area contributed by atoms with E-state index in [2.05, 4.69) is 10.0 Å². The van der Waals surface area contributed by atoms with Gasteiger partial charge in [0.05, 0.1) is 15.8 Å². The highest BCUT2D eigenvalue weighted by atomic mass is 32.2. The summed E-state index contributed by atoms with van der Waals surface area (Å²) in [5, 5.41) is 2.50. The van der Waals surface area contributed by atoms with Gasteiger partial charge < -0.3 is 5.32 Å². The molecule has 3 aromatic carbocycles. The van der Waals surface area contributed by atoms with Crippen LogP contribution in [0.25, 0.3) is 0 Å². The number of thioether (sulfide) groups is 1. The summed E-state index contributed by atoms with van der Waals surface area (Å²) >= 11 is 1.51. The number of halogens is 1. The fraction of sp³-hybridized carbons (Fsp3) is 0.136. The van der Waals surface area contributed by atoms with Gasteiger partial charge in [-0.25, -0.2) is 12.8 Å². The van der Waals surface area contributed by atoms with E-state index in [4.69, 9.17) is 0 Å². The van der Waals surface area contributed by atoms with Gasteiger partial charge in [0.25, 0.3) is 10.0 Å². The molecule has 1 amide bonds. The molecule has 8 heteroatoms. The fourth-order valence-electron chi connectivity index (χ4n) is 2.58. The molecular weight excluding hydrogens is 423 g/mol. The Morgan fingerprint density at radius 2 is 1.60 bits per heavy atom. The highest BCUT2D eigenvalue weighted by molar-refractivity contribution is 7.99. The molecule has 0 fully saturated rings. The van der Waals surface area contributed by atoms with E-state index >= 15 is 0 Å². The second-order valence-electron chi connectivity index (χ2n) is 6.54. The van der Waals surface area contributed by atoms with Gasteiger partial charge in [-0.15, -0.1) is 11.8 Å². The Labute approximate surface area is 179 Å². The summed E-state index contributed by atoms with van der Waals surface area (Å²) in [5.74, 6) is -0.114. The lowest BCUT2D eigenvalue weighted by Gasteiger charge is -2.13. The molecule has 0 unspecified atom stereocenters. The Hall–Kier alpha value is -2.84. The third-order valence-corrected chi connectivity index (χ3v) is 6.86. The van der Waals surface area contributed by atoms with E-state index in [0.717, 1.165) is 5.56 Å². The maximum absolute atomic E-state index is 13.7. The fourth-order valence-corrected chi connectivity index (χ4v) is 4.49. The minimum absolute atomic E-state index is 0.0322. The van der Waals surface area contributed by atoms with Crippen molar-refractivity contribution < 1.29 is 17.6 Å². The smallest absolute Gasteiger partial charge is 0.261 e. The van der Waals surface area contributed by atoms with Crippen molar-refractivity contribution in [3.8, 4) is 0 Å². The average Bonchev–Trinajstić information content (AvgIpc) is 2.74. The number of amides is 1. The molecule has 0 aromatic heterocycles. The minimum atomic E-state index is -3.94. The Morgan fingerprint density at radius 3 is 2.27 bits per heavy atom. The molecule has 156 valence electrons. The molecule has 0 saturated carbocycles. The quantitative estimate of drug-likeness (QED) is 0.519. The predicted molar refractivity (Wildman–Crippen MR) is 119 cm³/mol. The Bertz CT molecular complexity index is 1100. The van der Waals surface area contributed by atoms with Gasteiger partial charge in [-0.1, -0.05) is 42.5 Å². The number of nitrogens with one attached hydrogen (secondary N) is 2. The summed E-state index contributed by atoms with van der Waals surface area (Å²) in [6, 6.07) is 21.1. The van der Waals surface area contributed by atoms with Crippen molar-refractivity contribution in [2.45, 2.75) is 22.8 Å². The number of carbonyl (C=O) groups excluding carboxylic acids is 1. The van der Waals surface area contributed by atoms with Crippen LogP contribution in [0, 0.1) is 5.82 Å². The van der Waals surface area contributed by atoms with Crippen molar-refractivity contribution in [2.75, 3.05) is 10.0 Å². The molecule has 0 aliphatic carbocycles. The molecule has 3 rings (SSSR count). The van der Waals surface area contributed by atoms with E-state index in [0.29, 0.717) is 11.4 Å². The summed E-state index contributed by atoms with van der Waals surface area (Å²) in [4.78, 5) is 12.4. The van der Waals surface area contributed by atoms with E-state index < -0.39 is 15.8 Å². The molecule has 0 aliphatic rings. The van der Waals surface area contributed by atoms with Gasteiger partial charge in [0, 0.05) is 11.4 Å². The van der Waals surface area contributed by atoms with E-state index in [1.54, 1.807) is 0 Å². The Morgan fingerprint density at radius 1 is 0.967 bits per heavy atom. The maximum Gasteiger partial charge on any atom is 0.261 e.